The summed E-state index contributed by atoms with van der Waals surface area (Å²) in [5.41, 5.74) is 0.955. The van der Waals surface area contributed by atoms with Crippen LogP contribution in [0.4, 0.5) is 11.9 Å². The fourth-order valence-electron chi connectivity index (χ4n) is 2.53. The first-order valence-electron chi connectivity index (χ1n) is 9.56. The Bertz CT molecular complexity index is 793. The number of nitrogens with one attached hydrogen (secondary N) is 2. The van der Waals surface area contributed by atoms with E-state index in [0.717, 1.165) is 23.5 Å². The maximum atomic E-state index is 11.6. The maximum absolute atomic E-state index is 11.6. The molecular formula is C20H29N5O4. The van der Waals surface area contributed by atoms with Crippen molar-refractivity contribution in [1.29, 1.82) is 0 Å². The second kappa shape index (κ2) is 11.2. The molecule has 0 fully saturated rings. The van der Waals surface area contributed by atoms with Crippen molar-refractivity contribution in [3.05, 3.63) is 29.6 Å². The van der Waals surface area contributed by atoms with Gasteiger partial charge in [0.15, 0.2) is 0 Å². The zero-order valence-electron chi connectivity index (χ0n) is 17.6. The van der Waals surface area contributed by atoms with Crippen molar-refractivity contribution in [2.24, 2.45) is 0 Å². The minimum Gasteiger partial charge on any atom is -0.497 e. The lowest BCUT2D eigenvalue weighted by molar-refractivity contribution is -0.115. The van der Waals surface area contributed by atoms with Crippen LogP contribution in [0.1, 0.15) is 38.1 Å². The SMILES string of the molecule is CCC(=O)Nc1nc(C)nc(NC(CC)COCc2cc(OC)cc(OC)c2)n1. The fourth-order valence-corrected chi connectivity index (χ4v) is 2.53. The molecule has 0 aliphatic carbocycles. The number of aromatic nitrogens is 3. The summed E-state index contributed by atoms with van der Waals surface area (Å²) in [7, 11) is 3.23. The van der Waals surface area contributed by atoms with Gasteiger partial charge in [0.05, 0.1) is 33.5 Å². The van der Waals surface area contributed by atoms with E-state index >= 15 is 0 Å². The topological polar surface area (TPSA) is 107 Å². The van der Waals surface area contributed by atoms with E-state index in [2.05, 4.69) is 25.6 Å². The van der Waals surface area contributed by atoms with Crippen molar-refractivity contribution in [3.63, 3.8) is 0 Å². The van der Waals surface area contributed by atoms with E-state index in [0.29, 0.717) is 31.4 Å². The predicted molar refractivity (Wildman–Crippen MR) is 110 cm³/mol. The van der Waals surface area contributed by atoms with Gasteiger partial charge in [-0.25, -0.2) is 0 Å². The number of carbonyl (C=O) groups excluding carboxylic acids is 1. The van der Waals surface area contributed by atoms with Crippen molar-refractivity contribution >= 4 is 17.8 Å². The van der Waals surface area contributed by atoms with Gasteiger partial charge < -0.3 is 19.5 Å². The summed E-state index contributed by atoms with van der Waals surface area (Å²) in [4.78, 5) is 24.3. The van der Waals surface area contributed by atoms with Crippen LogP contribution < -0.4 is 20.1 Å². The van der Waals surface area contributed by atoms with Crippen LogP contribution in [0.25, 0.3) is 0 Å². The van der Waals surface area contributed by atoms with Crippen molar-refractivity contribution in [1.82, 2.24) is 15.0 Å². The van der Waals surface area contributed by atoms with Gasteiger partial charge in [-0.05, 0) is 31.0 Å². The van der Waals surface area contributed by atoms with Gasteiger partial charge in [0, 0.05) is 12.5 Å². The molecule has 9 nitrogen and oxygen atoms in total. The lowest BCUT2D eigenvalue weighted by Crippen LogP contribution is -2.26. The van der Waals surface area contributed by atoms with Crippen LogP contribution >= 0.6 is 0 Å². The molecule has 29 heavy (non-hydrogen) atoms. The molecule has 0 saturated carbocycles. The van der Waals surface area contributed by atoms with Crippen LogP contribution in [-0.4, -0.2) is 47.7 Å². The van der Waals surface area contributed by atoms with Gasteiger partial charge in [0.1, 0.15) is 17.3 Å². The summed E-state index contributed by atoms with van der Waals surface area (Å²) in [5, 5.41) is 5.90. The number of nitrogens with zero attached hydrogens (tertiary/aromatic N) is 3. The Labute approximate surface area is 171 Å². The Morgan fingerprint density at radius 1 is 1.03 bits per heavy atom. The van der Waals surface area contributed by atoms with Crippen molar-refractivity contribution in [2.45, 2.75) is 46.3 Å². The molecule has 0 aliphatic heterocycles. The average Bonchev–Trinajstić information content (AvgIpc) is 2.72. The van der Waals surface area contributed by atoms with E-state index in [1.54, 1.807) is 28.1 Å². The molecule has 158 valence electrons. The van der Waals surface area contributed by atoms with Gasteiger partial charge in [-0.15, -0.1) is 0 Å². The maximum Gasteiger partial charge on any atom is 0.234 e. The third-order valence-corrected chi connectivity index (χ3v) is 4.14. The molecule has 1 aromatic heterocycles. The van der Waals surface area contributed by atoms with Crippen molar-refractivity contribution in [3.8, 4) is 11.5 Å². The summed E-state index contributed by atoms with van der Waals surface area (Å²) >= 11 is 0. The zero-order chi connectivity index (χ0) is 21.2. The third-order valence-electron chi connectivity index (χ3n) is 4.14. The van der Waals surface area contributed by atoms with Crippen LogP contribution in [0.2, 0.25) is 0 Å². The molecular weight excluding hydrogens is 374 g/mol. The molecule has 2 aromatic rings. The lowest BCUT2D eigenvalue weighted by atomic mass is 10.2. The Morgan fingerprint density at radius 2 is 1.69 bits per heavy atom. The summed E-state index contributed by atoms with van der Waals surface area (Å²) in [6.07, 6.45) is 1.16. The molecule has 1 atom stereocenters. The molecule has 1 unspecified atom stereocenters. The normalized spacial score (nSPS) is 11.6. The van der Waals surface area contributed by atoms with Crippen LogP contribution in [0.3, 0.4) is 0 Å². The van der Waals surface area contributed by atoms with Crippen molar-refractivity contribution < 1.29 is 19.0 Å². The molecule has 1 amide bonds. The number of carbonyl (C=O) groups is 1. The minimum absolute atomic E-state index is 0.000898. The Hall–Kier alpha value is -2.94. The van der Waals surface area contributed by atoms with Crippen LogP contribution in [0, 0.1) is 6.92 Å². The number of amides is 1. The number of methoxy groups -OCH3 is 2. The number of rotatable bonds is 11. The summed E-state index contributed by atoms with van der Waals surface area (Å²) in [5.74, 6) is 2.46. The average molecular weight is 403 g/mol. The highest BCUT2D eigenvalue weighted by Gasteiger charge is 2.12. The van der Waals surface area contributed by atoms with E-state index in [-0.39, 0.29) is 17.9 Å². The summed E-state index contributed by atoms with van der Waals surface area (Å²) < 4.78 is 16.4. The van der Waals surface area contributed by atoms with E-state index < -0.39 is 0 Å². The first-order valence-corrected chi connectivity index (χ1v) is 9.56. The lowest BCUT2D eigenvalue weighted by Gasteiger charge is -2.18. The minimum atomic E-state index is -0.148. The standard InChI is InChI=1S/C20H29N5O4/c1-6-15(12-29-11-14-8-16(27-4)10-17(9-14)28-5)23-19-21-13(3)22-20(25-19)24-18(26)7-2/h8-10,15H,6-7,11-12H2,1-5H3,(H2,21,22,23,24,25,26). The smallest absolute Gasteiger partial charge is 0.234 e. The number of hydrogen-bond acceptors (Lipinski definition) is 8. The van der Waals surface area contributed by atoms with Crippen LogP contribution in [-0.2, 0) is 16.1 Å². The molecule has 0 bridgehead atoms. The molecule has 0 spiro atoms. The molecule has 0 aliphatic rings. The van der Waals surface area contributed by atoms with E-state index in [1.165, 1.54) is 0 Å². The predicted octanol–water partition coefficient (Wildman–Crippen LogP) is 2.95. The van der Waals surface area contributed by atoms with Gasteiger partial charge in [-0.1, -0.05) is 13.8 Å². The third kappa shape index (κ3) is 7.19. The highest BCUT2D eigenvalue weighted by atomic mass is 16.5. The molecule has 0 radical (unpaired) electrons. The van der Waals surface area contributed by atoms with Gasteiger partial charge in [-0.3, -0.25) is 10.1 Å². The van der Waals surface area contributed by atoms with Gasteiger partial charge in [0.2, 0.25) is 17.8 Å². The first kappa shape index (κ1) is 22.4. The highest BCUT2D eigenvalue weighted by molar-refractivity contribution is 5.88. The quantitative estimate of drug-likeness (QED) is 0.590. The van der Waals surface area contributed by atoms with Crippen LogP contribution in [0.15, 0.2) is 18.2 Å². The van der Waals surface area contributed by atoms with Crippen molar-refractivity contribution in [2.75, 3.05) is 31.5 Å². The highest BCUT2D eigenvalue weighted by Crippen LogP contribution is 2.23. The molecule has 9 heteroatoms. The molecule has 0 saturated heterocycles. The van der Waals surface area contributed by atoms with E-state index in [4.69, 9.17) is 14.2 Å². The number of aryl methyl sites for hydroxylation is 1. The van der Waals surface area contributed by atoms with Crippen LogP contribution in [0.5, 0.6) is 11.5 Å². The van der Waals surface area contributed by atoms with E-state index in [1.807, 2.05) is 25.1 Å². The molecule has 2 N–H and O–H groups in total. The number of ether oxygens (including phenoxy) is 3. The second-order valence-corrected chi connectivity index (χ2v) is 6.42. The summed E-state index contributed by atoms with van der Waals surface area (Å²) in [6.45, 7) is 6.44. The zero-order valence-corrected chi connectivity index (χ0v) is 17.6. The Balaban J connectivity index is 1.96. The molecule has 1 aromatic carbocycles. The molecule has 2 rings (SSSR count). The second-order valence-electron chi connectivity index (χ2n) is 6.42. The fraction of sp³-hybridized carbons (Fsp3) is 0.500. The van der Waals surface area contributed by atoms with Gasteiger partial charge >= 0.3 is 0 Å². The van der Waals surface area contributed by atoms with E-state index in [9.17, 15) is 4.79 Å². The largest absolute Gasteiger partial charge is 0.497 e. The first-order chi connectivity index (χ1) is 14.0. The number of anilines is 2. The molecule has 1 heterocycles. The Morgan fingerprint density at radius 3 is 2.28 bits per heavy atom. The number of benzene rings is 1. The summed E-state index contributed by atoms with van der Waals surface area (Å²) in [6, 6.07) is 5.64. The van der Waals surface area contributed by atoms with Gasteiger partial charge in [-0.2, -0.15) is 15.0 Å². The Kier molecular flexibility index (Phi) is 8.60. The number of hydrogen-bond donors (Lipinski definition) is 2. The monoisotopic (exact) mass is 403 g/mol. The van der Waals surface area contributed by atoms with Gasteiger partial charge in [0.25, 0.3) is 0 Å².